The molecule has 0 amide bonds. The second kappa shape index (κ2) is 5.44. The fraction of sp³-hybridized carbons (Fsp3) is 0.500. The molecule has 0 aliphatic carbocycles. The molecule has 5 nitrogen and oxygen atoms in total. The number of nitrogens with zero attached hydrogens (tertiary/aromatic N) is 2. The van der Waals surface area contributed by atoms with Crippen LogP contribution in [-0.4, -0.2) is 50.3 Å². The van der Waals surface area contributed by atoms with Crippen molar-refractivity contribution in [2.24, 2.45) is 0 Å². The molecule has 1 aromatic carbocycles. The van der Waals surface area contributed by atoms with E-state index in [1.807, 2.05) is 4.90 Å². The summed E-state index contributed by atoms with van der Waals surface area (Å²) in [6.45, 7) is 1.64. The summed E-state index contributed by atoms with van der Waals surface area (Å²) in [6.07, 6.45) is 1.19. The van der Waals surface area contributed by atoms with Crippen LogP contribution < -0.4 is 4.90 Å². The smallest absolute Gasteiger partial charge is 0.211 e. The van der Waals surface area contributed by atoms with Crippen molar-refractivity contribution in [3.05, 3.63) is 29.6 Å². The van der Waals surface area contributed by atoms with Crippen LogP contribution >= 0.6 is 0 Å². The first-order valence-electron chi connectivity index (χ1n) is 6.01. The van der Waals surface area contributed by atoms with Gasteiger partial charge in [-0.2, -0.15) is 4.31 Å². The van der Waals surface area contributed by atoms with Crippen molar-refractivity contribution in [3.8, 4) is 0 Å². The standard InChI is InChI=1S/C12H17FN2O3S/c1-19(17,18)15-6-4-14(5-7-15)12-3-2-11(13)8-10(12)9-16/h2-3,8,16H,4-7,9H2,1H3. The van der Waals surface area contributed by atoms with Gasteiger partial charge >= 0.3 is 0 Å². The maximum atomic E-state index is 13.1. The Bertz CT molecular complexity index is 554. The Balaban J connectivity index is 2.14. The summed E-state index contributed by atoms with van der Waals surface area (Å²) in [6, 6.07) is 4.27. The molecule has 1 N–H and O–H groups in total. The lowest BCUT2D eigenvalue weighted by Crippen LogP contribution is -2.48. The van der Waals surface area contributed by atoms with Crippen LogP contribution in [0.4, 0.5) is 10.1 Å². The van der Waals surface area contributed by atoms with Crippen LogP contribution in [-0.2, 0) is 16.6 Å². The highest BCUT2D eigenvalue weighted by atomic mass is 32.2. The molecule has 1 aliphatic rings. The molecular formula is C12H17FN2O3S. The van der Waals surface area contributed by atoms with E-state index in [1.165, 1.54) is 22.7 Å². The maximum absolute atomic E-state index is 13.1. The van der Waals surface area contributed by atoms with Crippen molar-refractivity contribution in [1.29, 1.82) is 0 Å². The first kappa shape index (κ1) is 14.2. The molecule has 0 atom stereocenters. The lowest BCUT2D eigenvalue weighted by atomic mass is 10.1. The summed E-state index contributed by atoms with van der Waals surface area (Å²) in [5.41, 5.74) is 1.28. The molecule has 7 heteroatoms. The molecule has 106 valence electrons. The molecule has 1 aromatic rings. The summed E-state index contributed by atoms with van der Waals surface area (Å²) >= 11 is 0. The van der Waals surface area contributed by atoms with Crippen molar-refractivity contribution in [2.45, 2.75) is 6.61 Å². The quantitative estimate of drug-likeness (QED) is 0.874. The van der Waals surface area contributed by atoms with Crippen molar-refractivity contribution in [3.63, 3.8) is 0 Å². The van der Waals surface area contributed by atoms with E-state index in [4.69, 9.17) is 0 Å². The first-order chi connectivity index (χ1) is 8.91. The van der Waals surface area contributed by atoms with Crippen molar-refractivity contribution < 1.29 is 17.9 Å². The normalized spacial score (nSPS) is 17.7. The van der Waals surface area contributed by atoms with Crippen LogP contribution in [0, 0.1) is 5.82 Å². The highest BCUT2D eigenvalue weighted by molar-refractivity contribution is 7.88. The number of sulfonamides is 1. The average Bonchev–Trinajstić information content (AvgIpc) is 2.37. The topological polar surface area (TPSA) is 60.9 Å². The molecule has 1 saturated heterocycles. The SMILES string of the molecule is CS(=O)(=O)N1CCN(c2ccc(F)cc2CO)CC1. The van der Waals surface area contributed by atoms with Gasteiger partial charge in [0, 0.05) is 37.4 Å². The van der Waals surface area contributed by atoms with Crippen LogP contribution in [0.15, 0.2) is 18.2 Å². The average molecular weight is 288 g/mol. The Hall–Kier alpha value is -1.18. The highest BCUT2D eigenvalue weighted by Crippen LogP contribution is 2.23. The highest BCUT2D eigenvalue weighted by Gasteiger charge is 2.24. The predicted octanol–water partition coefficient (Wildman–Crippen LogP) is 0.400. The zero-order valence-electron chi connectivity index (χ0n) is 10.7. The van der Waals surface area contributed by atoms with E-state index in [9.17, 15) is 17.9 Å². The van der Waals surface area contributed by atoms with Crippen LogP contribution in [0.2, 0.25) is 0 Å². The monoisotopic (exact) mass is 288 g/mol. The van der Waals surface area contributed by atoms with Gasteiger partial charge in [-0.25, -0.2) is 12.8 Å². The summed E-state index contributed by atoms with van der Waals surface area (Å²) in [7, 11) is -3.16. The lowest BCUT2D eigenvalue weighted by molar-refractivity contribution is 0.281. The molecule has 0 radical (unpaired) electrons. The van der Waals surface area contributed by atoms with Crippen LogP contribution in [0.3, 0.4) is 0 Å². The molecule has 19 heavy (non-hydrogen) atoms. The Morgan fingerprint density at radius 1 is 1.26 bits per heavy atom. The summed E-state index contributed by atoms with van der Waals surface area (Å²) < 4.78 is 37.4. The third kappa shape index (κ3) is 3.23. The number of halogens is 1. The minimum atomic E-state index is -3.16. The predicted molar refractivity (Wildman–Crippen MR) is 71.0 cm³/mol. The van der Waals surface area contributed by atoms with Gasteiger partial charge in [0.05, 0.1) is 12.9 Å². The number of rotatable bonds is 3. The minimum absolute atomic E-state index is 0.237. The molecule has 0 bridgehead atoms. The van der Waals surface area contributed by atoms with Crippen LogP contribution in [0.1, 0.15) is 5.56 Å². The van der Waals surface area contributed by atoms with E-state index in [0.29, 0.717) is 31.7 Å². The number of piperazine rings is 1. The summed E-state index contributed by atoms with van der Waals surface area (Å²) in [4.78, 5) is 1.96. The van der Waals surface area contributed by atoms with Gasteiger partial charge in [0.15, 0.2) is 0 Å². The third-order valence-corrected chi connectivity index (χ3v) is 4.56. The van der Waals surface area contributed by atoms with E-state index in [-0.39, 0.29) is 12.4 Å². The Morgan fingerprint density at radius 3 is 2.42 bits per heavy atom. The first-order valence-corrected chi connectivity index (χ1v) is 7.86. The van der Waals surface area contributed by atoms with Gasteiger partial charge in [-0.15, -0.1) is 0 Å². The molecule has 0 unspecified atom stereocenters. The van der Waals surface area contributed by atoms with E-state index < -0.39 is 10.0 Å². The number of hydrogen-bond donors (Lipinski definition) is 1. The molecular weight excluding hydrogens is 271 g/mol. The van der Waals surface area contributed by atoms with E-state index in [2.05, 4.69) is 0 Å². The second-order valence-corrected chi connectivity index (χ2v) is 6.56. The van der Waals surface area contributed by atoms with Gasteiger partial charge in [0.25, 0.3) is 0 Å². The zero-order chi connectivity index (χ0) is 14.0. The van der Waals surface area contributed by atoms with Crippen LogP contribution in [0.5, 0.6) is 0 Å². The summed E-state index contributed by atoms with van der Waals surface area (Å²) in [5, 5.41) is 9.26. The Morgan fingerprint density at radius 2 is 1.89 bits per heavy atom. The fourth-order valence-corrected chi connectivity index (χ4v) is 3.08. The van der Waals surface area contributed by atoms with E-state index >= 15 is 0 Å². The summed E-state index contributed by atoms with van der Waals surface area (Å²) in [5.74, 6) is -0.387. The second-order valence-electron chi connectivity index (χ2n) is 4.58. The molecule has 2 rings (SSSR count). The van der Waals surface area contributed by atoms with Gasteiger partial charge in [-0.05, 0) is 18.2 Å². The number of hydrogen-bond acceptors (Lipinski definition) is 4. The maximum Gasteiger partial charge on any atom is 0.211 e. The van der Waals surface area contributed by atoms with Gasteiger partial charge in [0.1, 0.15) is 5.82 Å². The molecule has 1 fully saturated rings. The Labute approximate surface area is 112 Å². The third-order valence-electron chi connectivity index (χ3n) is 3.26. The number of benzene rings is 1. The molecule has 0 saturated carbocycles. The minimum Gasteiger partial charge on any atom is -0.392 e. The number of anilines is 1. The van der Waals surface area contributed by atoms with Gasteiger partial charge < -0.3 is 10.0 Å². The number of aliphatic hydroxyl groups excluding tert-OH is 1. The fourth-order valence-electron chi connectivity index (χ4n) is 2.25. The van der Waals surface area contributed by atoms with Gasteiger partial charge in [0.2, 0.25) is 10.0 Å². The zero-order valence-corrected chi connectivity index (χ0v) is 11.5. The van der Waals surface area contributed by atoms with Crippen molar-refractivity contribution in [2.75, 3.05) is 37.3 Å². The molecule has 0 spiro atoms. The van der Waals surface area contributed by atoms with E-state index in [1.54, 1.807) is 6.07 Å². The molecule has 1 aliphatic heterocycles. The van der Waals surface area contributed by atoms with E-state index in [0.717, 1.165) is 5.69 Å². The Kier molecular flexibility index (Phi) is 4.07. The number of aliphatic hydroxyl groups is 1. The van der Waals surface area contributed by atoms with Crippen molar-refractivity contribution >= 4 is 15.7 Å². The molecule has 0 aromatic heterocycles. The van der Waals surface area contributed by atoms with Gasteiger partial charge in [-0.3, -0.25) is 0 Å². The van der Waals surface area contributed by atoms with Crippen molar-refractivity contribution in [1.82, 2.24) is 4.31 Å². The van der Waals surface area contributed by atoms with Gasteiger partial charge in [-0.1, -0.05) is 0 Å². The van der Waals surface area contributed by atoms with Crippen LogP contribution in [0.25, 0.3) is 0 Å². The lowest BCUT2D eigenvalue weighted by Gasteiger charge is -2.35. The largest absolute Gasteiger partial charge is 0.392 e. The molecule has 1 heterocycles.